The van der Waals surface area contributed by atoms with E-state index in [1.54, 1.807) is 6.40 Å². The van der Waals surface area contributed by atoms with E-state index in [2.05, 4.69) is 36.8 Å². The second kappa shape index (κ2) is 6.52. The standard InChI is InChI=1S/C22H24ClN5O/c1-21(2,3)20-25-16(10-13-5-4-6-15(23)9-13)17-19(28-20)27-18(26-17)14-7-8-22(11-14)24-12-29-22/h4-6,9,12,14H,7-8,10-11H2,1-3H3,(H,25,26,27,28). The fraction of sp³-hybridized carbons (Fsp3) is 0.455. The summed E-state index contributed by atoms with van der Waals surface area (Å²) in [5.41, 5.74) is 3.22. The van der Waals surface area contributed by atoms with Gasteiger partial charge < -0.3 is 9.72 Å². The minimum absolute atomic E-state index is 0.164. The van der Waals surface area contributed by atoms with E-state index in [4.69, 9.17) is 31.3 Å². The van der Waals surface area contributed by atoms with Gasteiger partial charge in [0.05, 0.1) is 5.69 Å². The first kappa shape index (κ1) is 18.6. The van der Waals surface area contributed by atoms with Crippen LogP contribution in [0.5, 0.6) is 0 Å². The molecule has 29 heavy (non-hydrogen) atoms. The molecule has 0 bridgehead atoms. The number of aromatic nitrogens is 4. The Hall–Kier alpha value is -2.47. The number of aromatic amines is 1. The maximum absolute atomic E-state index is 6.19. The predicted octanol–water partition coefficient (Wildman–Crippen LogP) is 4.92. The molecule has 3 aromatic rings. The summed E-state index contributed by atoms with van der Waals surface area (Å²) in [5, 5.41) is 0.728. The quantitative estimate of drug-likeness (QED) is 0.666. The molecule has 0 amide bonds. The Morgan fingerprint density at radius 1 is 1.24 bits per heavy atom. The van der Waals surface area contributed by atoms with Gasteiger partial charge in [-0.3, -0.25) is 0 Å². The smallest absolute Gasteiger partial charge is 0.205 e. The van der Waals surface area contributed by atoms with E-state index in [0.717, 1.165) is 58.4 Å². The number of rotatable bonds is 3. The number of hydrogen-bond acceptors (Lipinski definition) is 5. The number of benzene rings is 1. The highest BCUT2D eigenvalue weighted by Crippen LogP contribution is 2.45. The summed E-state index contributed by atoms with van der Waals surface area (Å²) in [6, 6.07) is 7.91. The monoisotopic (exact) mass is 409 g/mol. The molecule has 1 saturated carbocycles. The second-order valence-corrected chi connectivity index (χ2v) is 9.55. The van der Waals surface area contributed by atoms with E-state index >= 15 is 0 Å². The van der Waals surface area contributed by atoms with Gasteiger partial charge in [0, 0.05) is 35.6 Å². The number of nitrogens with one attached hydrogen (secondary N) is 1. The first-order chi connectivity index (χ1) is 13.8. The third kappa shape index (κ3) is 3.39. The van der Waals surface area contributed by atoms with Gasteiger partial charge in [0.25, 0.3) is 0 Å². The summed E-state index contributed by atoms with van der Waals surface area (Å²) in [4.78, 5) is 22.5. The molecule has 1 aliphatic carbocycles. The lowest BCUT2D eigenvalue weighted by Crippen LogP contribution is -2.34. The van der Waals surface area contributed by atoms with E-state index in [1.807, 2.05) is 18.2 Å². The summed E-state index contributed by atoms with van der Waals surface area (Å²) in [6.45, 7) is 6.37. The summed E-state index contributed by atoms with van der Waals surface area (Å²) in [6.07, 6.45) is 5.00. The van der Waals surface area contributed by atoms with E-state index in [9.17, 15) is 0 Å². The average Bonchev–Trinajstić information content (AvgIpc) is 3.25. The maximum atomic E-state index is 6.19. The summed E-state index contributed by atoms with van der Waals surface area (Å²) < 4.78 is 5.61. The first-order valence-electron chi connectivity index (χ1n) is 10.0. The molecule has 2 aliphatic rings. The minimum Gasteiger partial charge on any atom is -0.456 e. The van der Waals surface area contributed by atoms with Crippen molar-refractivity contribution in [1.29, 1.82) is 0 Å². The van der Waals surface area contributed by atoms with Crippen LogP contribution in [0.25, 0.3) is 11.2 Å². The predicted molar refractivity (Wildman–Crippen MR) is 114 cm³/mol. The van der Waals surface area contributed by atoms with Crippen molar-refractivity contribution in [1.82, 2.24) is 19.9 Å². The summed E-state index contributed by atoms with van der Waals surface area (Å²) >= 11 is 6.19. The number of aliphatic imine (C=N–C) groups is 1. The molecule has 5 rings (SSSR count). The Kier molecular flexibility index (Phi) is 4.17. The van der Waals surface area contributed by atoms with Gasteiger partial charge in [0.15, 0.2) is 12.0 Å². The van der Waals surface area contributed by atoms with Crippen LogP contribution in [0.15, 0.2) is 29.3 Å². The molecule has 1 N–H and O–H groups in total. The van der Waals surface area contributed by atoms with Crippen LogP contribution in [0.4, 0.5) is 0 Å². The van der Waals surface area contributed by atoms with Gasteiger partial charge in [-0.2, -0.15) is 0 Å². The number of fused-ring (bicyclic) bond motifs is 1. The van der Waals surface area contributed by atoms with Crippen LogP contribution in [0.2, 0.25) is 5.02 Å². The first-order valence-corrected chi connectivity index (χ1v) is 10.4. The topological polar surface area (TPSA) is 76.0 Å². The lowest BCUT2D eigenvalue weighted by Gasteiger charge is -2.30. The van der Waals surface area contributed by atoms with Crippen LogP contribution < -0.4 is 0 Å². The van der Waals surface area contributed by atoms with Crippen LogP contribution >= 0.6 is 11.6 Å². The zero-order valence-electron chi connectivity index (χ0n) is 16.9. The van der Waals surface area contributed by atoms with Crippen molar-refractivity contribution in [3.63, 3.8) is 0 Å². The van der Waals surface area contributed by atoms with E-state index < -0.39 is 0 Å². The van der Waals surface area contributed by atoms with Crippen molar-refractivity contribution in [2.24, 2.45) is 4.99 Å². The van der Waals surface area contributed by atoms with E-state index in [0.29, 0.717) is 12.3 Å². The lowest BCUT2D eigenvalue weighted by atomic mass is 9.95. The van der Waals surface area contributed by atoms with Crippen molar-refractivity contribution in [3.05, 3.63) is 52.2 Å². The highest BCUT2D eigenvalue weighted by Gasteiger charge is 2.45. The Balaban J connectivity index is 1.56. The molecular formula is C22H24ClN5O. The Morgan fingerprint density at radius 3 is 2.72 bits per heavy atom. The largest absolute Gasteiger partial charge is 0.456 e. The Labute approximate surface area is 174 Å². The summed E-state index contributed by atoms with van der Waals surface area (Å²) in [5.74, 6) is 2.05. The molecule has 1 spiro atoms. The number of halogens is 1. The van der Waals surface area contributed by atoms with Crippen molar-refractivity contribution >= 4 is 29.2 Å². The van der Waals surface area contributed by atoms with Gasteiger partial charge in [-0.05, 0) is 24.1 Å². The van der Waals surface area contributed by atoms with Crippen molar-refractivity contribution in [2.75, 3.05) is 0 Å². The van der Waals surface area contributed by atoms with E-state index in [-0.39, 0.29) is 11.1 Å². The fourth-order valence-electron chi connectivity index (χ4n) is 4.12. The van der Waals surface area contributed by atoms with Gasteiger partial charge in [-0.1, -0.05) is 44.5 Å². The molecular weight excluding hydrogens is 386 g/mol. The van der Waals surface area contributed by atoms with E-state index in [1.165, 1.54) is 0 Å². The normalized spacial score (nSPS) is 23.5. The molecule has 2 atom stereocenters. The molecule has 2 aromatic heterocycles. The highest BCUT2D eigenvalue weighted by molar-refractivity contribution is 6.30. The SMILES string of the molecule is CC(C)(C)c1nc(Cc2cccc(Cl)c2)c2[nH]c(C3CCC4(C3)N=CO4)nc2n1. The molecule has 1 fully saturated rings. The Bertz CT molecular complexity index is 1120. The molecule has 6 nitrogen and oxygen atoms in total. The molecule has 2 unspecified atom stereocenters. The van der Waals surface area contributed by atoms with Crippen LogP contribution in [-0.4, -0.2) is 32.1 Å². The molecule has 3 heterocycles. The van der Waals surface area contributed by atoms with Crippen LogP contribution in [0.1, 0.15) is 68.9 Å². The minimum atomic E-state index is -0.324. The molecule has 1 aromatic carbocycles. The third-order valence-corrected chi connectivity index (χ3v) is 6.01. The van der Waals surface area contributed by atoms with Crippen LogP contribution in [0, 0.1) is 0 Å². The molecule has 0 saturated heterocycles. The van der Waals surface area contributed by atoms with Crippen LogP contribution in [0.3, 0.4) is 0 Å². The van der Waals surface area contributed by atoms with Crippen LogP contribution in [-0.2, 0) is 16.6 Å². The second-order valence-electron chi connectivity index (χ2n) is 9.11. The average molecular weight is 410 g/mol. The van der Waals surface area contributed by atoms with Gasteiger partial charge in [-0.15, -0.1) is 0 Å². The third-order valence-electron chi connectivity index (χ3n) is 5.77. The fourth-order valence-corrected chi connectivity index (χ4v) is 4.33. The van der Waals surface area contributed by atoms with Gasteiger partial charge in [-0.25, -0.2) is 19.9 Å². The molecule has 150 valence electrons. The number of nitrogens with zero attached hydrogens (tertiary/aromatic N) is 4. The van der Waals surface area contributed by atoms with Gasteiger partial charge in [0.2, 0.25) is 5.72 Å². The van der Waals surface area contributed by atoms with Gasteiger partial charge in [0.1, 0.15) is 17.2 Å². The Morgan fingerprint density at radius 2 is 2.07 bits per heavy atom. The number of ether oxygens (including phenoxy) is 1. The van der Waals surface area contributed by atoms with Gasteiger partial charge >= 0.3 is 0 Å². The number of hydrogen-bond donors (Lipinski definition) is 1. The molecule has 1 aliphatic heterocycles. The van der Waals surface area contributed by atoms with Crippen molar-refractivity contribution < 1.29 is 4.74 Å². The maximum Gasteiger partial charge on any atom is 0.205 e. The number of H-pyrrole nitrogens is 1. The van der Waals surface area contributed by atoms with Crippen molar-refractivity contribution in [2.45, 2.75) is 63.5 Å². The zero-order chi connectivity index (χ0) is 20.2. The lowest BCUT2D eigenvalue weighted by molar-refractivity contribution is 0.0345. The summed E-state index contributed by atoms with van der Waals surface area (Å²) in [7, 11) is 0. The highest BCUT2D eigenvalue weighted by atomic mass is 35.5. The zero-order valence-corrected chi connectivity index (χ0v) is 17.6. The molecule has 7 heteroatoms. The van der Waals surface area contributed by atoms with Crippen molar-refractivity contribution in [3.8, 4) is 0 Å². The molecule has 0 radical (unpaired) electrons. The number of imidazole rings is 1.